The molecule has 0 amide bonds. The van der Waals surface area contributed by atoms with Crippen molar-refractivity contribution in [3.8, 4) is 0 Å². The zero-order valence-electron chi connectivity index (χ0n) is 12.5. The number of halogens is 1. The number of carbonyl (C=O) groups is 1. The number of hydrogen-bond donors (Lipinski definition) is 0. The third kappa shape index (κ3) is 2.75. The Morgan fingerprint density at radius 1 is 1.22 bits per heavy atom. The third-order valence-electron chi connectivity index (χ3n) is 3.60. The van der Waals surface area contributed by atoms with E-state index in [1.165, 1.54) is 23.0 Å². The molecular formula is C16H13ClN2O3S. The average molecular weight is 349 g/mol. The highest BCUT2D eigenvalue weighted by Crippen LogP contribution is 2.21. The van der Waals surface area contributed by atoms with E-state index in [1.54, 1.807) is 30.3 Å². The van der Waals surface area contributed by atoms with Crippen molar-refractivity contribution in [3.05, 3.63) is 66.6 Å². The molecule has 0 aliphatic heterocycles. The average Bonchev–Trinajstić information content (AvgIpc) is 2.91. The maximum Gasteiger partial charge on any atom is 0.332 e. The van der Waals surface area contributed by atoms with Gasteiger partial charge in [-0.05, 0) is 37.3 Å². The Labute approximate surface area is 140 Å². The predicted octanol–water partition coefficient (Wildman–Crippen LogP) is 2.61. The van der Waals surface area contributed by atoms with Crippen LogP contribution in [0.1, 0.15) is 15.2 Å². The highest BCUT2D eigenvalue weighted by molar-refractivity contribution is 7.18. The van der Waals surface area contributed by atoms with E-state index in [9.17, 15) is 14.4 Å². The van der Waals surface area contributed by atoms with E-state index in [0.717, 1.165) is 9.44 Å². The van der Waals surface area contributed by atoms with Gasteiger partial charge in [-0.1, -0.05) is 11.6 Å². The van der Waals surface area contributed by atoms with E-state index in [2.05, 4.69) is 0 Å². The minimum Gasteiger partial charge on any atom is -0.292 e. The summed E-state index contributed by atoms with van der Waals surface area (Å²) >= 11 is 7.15. The Bertz CT molecular complexity index is 1030. The molecule has 0 fully saturated rings. The predicted molar refractivity (Wildman–Crippen MR) is 91.8 cm³/mol. The first-order chi connectivity index (χ1) is 10.9. The summed E-state index contributed by atoms with van der Waals surface area (Å²) in [5.74, 6) is -0.213. The molecule has 1 aromatic carbocycles. The summed E-state index contributed by atoms with van der Waals surface area (Å²) in [7, 11) is 1.42. The van der Waals surface area contributed by atoms with Crippen molar-refractivity contribution in [2.45, 2.75) is 13.5 Å². The normalized spacial score (nSPS) is 11.1. The lowest BCUT2D eigenvalue weighted by Crippen LogP contribution is -2.38. The first-order valence-corrected chi connectivity index (χ1v) is 8.06. The minimum atomic E-state index is -0.494. The topological polar surface area (TPSA) is 61.1 Å². The Hall–Kier alpha value is -2.18. The number of thiophene rings is 1. The summed E-state index contributed by atoms with van der Waals surface area (Å²) in [5, 5.41) is 0.996. The number of rotatable bonds is 3. The number of nitrogens with zero attached hydrogens (tertiary/aromatic N) is 2. The summed E-state index contributed by atoms with van der Waals surface area (Å²) in [5.41, 5.74) is -0.368. The monoisotopic (exact) mass is 348 g/mol. The third-order valence-corrected chi connectivity index (χ3v) is 4.93. The van der Waals surface area contributed by atoms with E-state index >= 15 is 0 Å². The smallest absolute Gasteiger partial charge is 0.292 e. The van der Waals surface area contributed by atoms with Crippen LogP contribution in [0.25, 0.3) is 10.2 Å². The molecule has 0 atom stereocenters. The molecule has 2 aromatic heterocycles. The molecule has 0 aliphatic rings. The summed E-state index contributed by atoms with van der Waals surface area (Å²) < 4.78 is 2.38. The van der Waals surface area contributed by atoms with Gasteiger partial charge >= 0.3 is 5.69 Å². The zero-order chi connectivity index (χ0) is 16.7. The lowest BCUT2D eigenvalue weighted by atomic mass is 10.1. The van der Waals surface area contributed by atoms with Gasteiger partial charge in [-0.3, -0.25) is 18.7 Å². The second-order valence-corrected chi connectivity index (χ2v) is 6.91. The van der Waals surface area contributed by atoms with Crippen molar-refractivity contribution < 1.29 is 4.79 Å². The molecule has 0 N–H and O–H groups in total. The number of carbonyl (C=O) groups excluding carboxylic acids is 1. The molecule has 3 aromatic rings. The van der Waals surface area contributed by atoms with Crippen LogP contribution in [0.2, 0.25) is 5.02 Å². The summed E-state index contributed by atoms with van der Waals surface area (Å²) in [4.78, 5) is 38.4. The number of fused-ring (bicyclic) bond motifs is 1. The van der Waals surface area contributed by atoms with Crippen molar-refractivity contribution in [2.75, 3.05) is 0 Å². The van der Waals surface area contributed by atoms with Crippen LogP contribution in [-0.2, 0) is 13.6 Å². The zero-order valence-corrected chi connectivity index (χ0v) is 14.1. The van der Waals surface area contributed by atoms with Gasteiger partial charge in [0.05, 0.1) is 11.9 Å². The standard InChI is InChI=1S/C16H13ClN2O3S/c1-9-7-12-14(21)18(2)16(22)19(15(12)23-9)8-13(20)10-3-5-11(17)6-4-10/h3-7H,8H2,1-2H3. The number of benzene rings is 1. The van der Waals surface area contributed by atoms with Gasteiger partial charge in [0.1, 0.15) is 4.83 Å². The molecule has 0 radical (unpaired) electrons. The number of hydrogen-bond acceptors (Lipinski definition) is 4. The molecule has 23 heavy (non-hydrogen) atoms. The van der Waals surface area contributed by atoms with Crippen LogP contribution in [0.3, 0.4) is 0 Å². The second kappa shape index (κ2) is 5.79. The van der Waals surface area contributed by atoms with E-state index in [4.69, 9.17) is 11.6 Å². The maximum atomic E-state index is 12.4. The molecule has 0 spiro atoms. The van der Waals surface area contributed by atoms with Crippen molar-refractivity contribution in [3.63, 3.8) is 0 Å². The van der Waals surface area contributed by atoms with E-state index in [-0.39, 0.29) is 17.9 Å². The number of Topliss-reactive ketones (excluding diaryl/α,β-unsaturated/α-hetero) is 1. The summed E-state index contributed by atoms with van der Waals surface area (Å²) in [6.45, 7) is 1.74. The van der Waals surface area contributed by atoms with E-state index in [1.807, 2.05) is 6.92 Å². The summed E-state index contributed by atoms with van der Waals surface area (Å²) in [6, 6.07) is 8.24. The Morgan fingerprint density at radius 3 is 2.52 bits per heavy atom. The van der Waals surface area contributed by atoms with Gasteiger partial charge in [0, 0.05) is 22.5 Å². The van der Waals surface area contributed by atoms with Gasteiger partial charge in [0.15, 0.2) is 5.78 Å². The summed E-state index contributed by atoms with van der Waals surface area (Å²) in [6.07, 6.45) is 0. The molecule has 0 saturated heterocycles. The molecule has 5 nitrogen and oxygen atoms in total. The fourth-order valence-electron chi connectivity index (χ4n) is 2.40. The molecule has 0 unspecified atom stereocenters. The van der Waals surface area contributed by atoms with Gasteiger partial charge in [0.25, 0.3) is 5.56 Å². The van der Waals surface area contributed by atoms with E-state index in [0.29, 0.717) is 20.8 Å². The highest BCUT2D eigenvalue weighted by Gasteiger charge is 2.16. The fourth-order valence-corrected chi connectivity index (χ4v) is 3.52. The van der Waals surface area contributed by atoms with Crippen LogP contribution in [0.5, 0.6) is 0 Å². The van der Waals surface area contributed by atoms with Gasteiger partial charge in [-0.25, -0.2) is 4.79 Å². The van der Waals surface area contributed by atoms with Crippen LogP contribution in [0.4, 0.5) is 0 Å². The van der Waals surface area contributed by atoms with Gasteiger partial charge in [-0.15, -0.1) is 11.3 Å². The van der Waals surface area contributed by atoms with Gasteiger partial charge in [0.2, 0.25) is 0 Å². The second-order valence-electron chi connectivity index (χ2n) is 5.24. The van der Waals surface area contributed by atoms with Crippen molar-refractivity contribution in [1.82, 2.24) is 9.13 Å². The molecule has 0 aliphatic carbocycles. The minimum absolute atomic E-state index is 0.120. The quantitative estimate of drug-likeness (QED) is 0.683. The molecule has 118 valence electrons. The lowest BCUT2D eigenvalue weighted by Gasteiger charge is -2.09. The SMILES string of the molecule is Cc1cc2c(=O)n(C)c(=O)n(CC(=O)c3ccc(Cl)cc3)c2s1. The number of aromatic nitrogens is 2. The van der Waals surface area contributed by atoms with Crippen molar-refractivity contribution in [1.29, 1.82) is 0 Å². The highest BCUT2D eigenvalue weighted by atomic mass is 35.5. The van der Waals surface area contributed by atoms with Crippen LogP contribution in [0.15, 0.2) is 39.9 Å². The molecule has 2 heterocycles. The first kappa shape index (κ1) is 15.7. The number of ketones is 1. The molecule has 3 rings (SSSR count). The van der Waals surface area contributed by atoms with Crippen LogP contribution < -0.4 is 11.2 Å². The molecular weight excluding hydrogens is 336 g/mol. The van der Waals surface area contributed by atoms with Crippen molar-refractivity contribution in [2.24, 2.45) is 7.05 Å². The van der Waals surface area contributed by atoms with Crippen LogP contribution >= 0.6 is 22.9 Å². The van der Waals surface area contributed by atoms with Crippen molar-refractivity contribution >= 4 is 38.9 Å². The largest absolute Gasteiger partial charge is 0.332 e. The Balaban J connectivity index is 2.13. The molecule has 7 heteroatoms. The fraction of sp³-hybridized carbons (Fsp3) is 0.188. The first-order valence-electron chi connectivity index (χ1n) is 6.87. The molecule has 0 saturated carbocycles. The maximum absolute atomic E-state index is 12.4. The Kier molecular flexibility index (Phi) is 3.95. The lowest BCUT2D eigenvalue weighted by molar-refractivity contribution is 0.0971. The molecule has 0 bridgehead atoms. The number of aryl methyl sites for hydroxylation is 1. The van der Waals surface area contributed by atoms with Crippen LogP contribution in [0, 0.1) is 6.92 Å². The Morgan fingerprint density at radius 2 is 1.87 bits per heavy atom. The van der Waals surface area contributed by atoms with E-state index < -0.39 is 5.69 Å². The van der Waals surface area contributed by atoms with Gasteiger partial charge < -0.3 is 0 Å². The van der Waals surface area contributed by atoms with Gasteiger partial charge in [-0.2, -0.15) is 0 Å². The van der Waals surface area contributed by atoms with Crippen LogP contribution in [-0.4, -0.2) is 14.9 Å².